The van der Waals surface area contributed by atoms with Crippen LogP contribution in [0.1, 0.15) is 39.6 Å². The molecule has 4 nitrogen and oxygen atoms in total. The zero-order valence-corrected chi connectivity index (χ0v) is 15.9. The first-order valence-electron chi connectivity index (χ1n) is 8.52. The molecular weight excluding hydrogens is 371 g/mol. The largest absolute Gasteiger partial charge is 0.336 e. The molecule has 2 aromatic rings. The Morgan fingerprint density at radius 3 is 2.42 bits per heavy atom. The first kappa shape index (κ1) is 18.9. The lowest BCUT2D eigenvalue weighted by Gasteiger charge is -2.22. The fourth-order valence-electron chi connectivity index (χ4n) is 3.41. The van der Waals surface area contributed by atoms with Crippen LogP contribution in [0.25, 0.3) is 0 Å². The molecule has 0 bridgehead atoms. The van der Waals surface area contributed by atoms with Crippen LogP contribution >= 0.6 is 23.2 Å². The monoisotopic (exact) mass is 390 g/mol. The second-order valence-corrected chi connectivity index (χ2v) is 7.46. The average molecular weight is 391 g/mol. The fourth-order valence-corrected chi connectivity index (χ4v) is 3.71. The number of rotatable bonds is 4. The van der Waals surface area contributed by atoms with Gasteiger partial charge in [0, 0.05) is 23.7 Å². The molecule has 2 unspecified atom stereocenters. The molecule has 2 atom stereocenters. The Morgan fingerprint density at radius 2 is 1.81 bits per heavy atom. The fraction of sp³-hybridized carbons (Fsp3) is 0.300. The molecule has 136 valence electrons. The third-order valence-electron chi connectivity index (χ3n) is 4.84. The van der Waals surface area contributed by atoms with E-state index in [1.54, 1.807) is 41.3 Å². The predicted octanol–water partition coefficient (Wildman–Crippen LogP) is 4.03. The molecule has 0 spiro atoms. The van der Waals surface area contributed by atoms with Crippen molar-refractivity contribution in [2.24, 2.45) is 11.7 Å². The van der Waals surface area contributed by atoms with Crippen molar-refractivity contribution in [3.8, 4) is 0 Å². The van der Waals surface area contributed by atoms with Crippen LogP contribution < -0.4 is 5.73 Å². The summed E-state index contributed by atoms with van der Waals surface area (Å²) in [6.07, 6.45) is 0.880. The number of nitrogens with zero attached hydrogens (tertiary/aromatic N) is 1. The SMILES string of the molecule is CC1CC(CN)CN1C(=O)c1ccccc1C(=O)c1ccc(Cl)c(Cl)c1. The standard InChI is InChI=1S/C20H20Cl2N2O2/c1-12-8-13(10-23)11-24(12)20(26)16-5-3-2-4-15(16)19(25)14-6-7-17(21)18(22)9-14/h2-7,9,12-13H,8,10-11,23H2,1H3. The summed E-state index contributed by atoms with van der Waals surface area (Å²) < 4.78 is 0. The molecule has 3 rings (SSSR count). The summed E-state index contributed by atoms with van der Waals surface area (Å²) in [5.74, 6) is -0.0981. The number of carbonyl (C=O) groups is 2. The molecule has 1 heterocycles. The third kappa shape index (κ3) is 3.63. The maximum absolute atomic E-state index is 13.1. The number of nitrogens with two attached hydrogens (primary N) is 1. The van der Waals surface area contributed by atoms with Crippen molar-refractivity contribution in [2.75, 3.05) is 13.1 Å². The van der Waals surface area contributed by atoms with Gasteiger partial charge in [-0.3, -0.25) is 9.59 Å². The van der Waals surface area contributed by atoms with Gasteiger partial charge >= 0.3 is 0 Å². The molecule has 6 heteroatoms. The van der Waals surface area contributed by atoms with Crippen LogP contribution in [0.3, 0.4) is 0 Å². The Labute approximate surface area is 162 Å². The number of ketones is 1. The number of halogens is 2. The van der Waals surface area contributed by atoms with Gasteiger partial charge in [-0.15, -0.1) is 0 Å². The summed E-state index contributed by atoms with van der Waals surface area (Å²) in [7, 11) is 0. The van der Waals surface area contributed by atoms with E-state index in [2.05, 4.69) is 0 Å². The van der Waals surface area contributed by atoms with Crippen LogP contribution in [0.15, 0.2) is 42.5 Å². The molecule has 1 aliphatic rings. The van der Waals surface area contributed by atoms with E-state index >= 15 is 0 Å². The van der Waals surface area contributed by atoms with Gasteiger partial charge in [0.15, 0.2) is 5.78 Å². The summed E-state index contributed by atoms with van der Waals surface area (Å²) in [5, 5.41) is 0.687. The first-order chi connectivity index (χ1) is 12.4. The highest BCUT2D eigenvalue weighted by Gasteiger charge is 2.33. The molecule has 0 aromatic heterocycles. The van der Waals surface area contributed by atoms with Crippen LogP contribution in [-0.4, -0.2) is 35.7 Å². The van der Waals surface area contributed by atoms with E-state index in [0.29, 0.717) is 45.7 Å². The van der Waals surface area contributed by atoms with Crippen molar-refractivity contribution in [3.63, 3.8) is 0 Å². The van der Waals surface area contributed by atoms with Gasteiger partial charge < -0.3 is 10.6 Å². The maximum Gasteiger partial charge on any atom is 0.254 e. The zero-order chi connectivity index (χ0) is 18.8. The smallest absolute Gasteiger partial charge is 0.254 e. The highest BCUT2D eigenvalue weighted by molar-refractivity contribution is 6.42. The van der Waals surface area contributed by atoms with Gasteiger partial charge in [0.05, 0.1) is 15.6 Å². The van der Waals surface area contributed by atoms with E-state index in [4.69, 9.17) is 28.9 Å². The quantitative estimate of drug-likeness (QED) is 0.801. The van der Waals surface area contributed by atoms with Crippen molar-refractivity contribution >= 4 is 34.9 Å². The average Bonchev–Trinajstić information content (AvgIpc) is 3.03. The molecule has 1 saturated heterocycles. The highest BCUT2D eigenvalue weighted by Crippen LogP contribution is 2.27. The number of likely N-dealkylation sites (tertiary alicyclic amines) is 1. The predicted molar refractivity (Wildman–Crippen MR) is 104 cm³/mol. The Kier molecular flexibility index (Phi) is 5.66. The van der Waals surface area contributed by atoms with Crippen LogP contribution in [0.5, 0.6) is 0 Å². The molecular formula is C20H20Cl2N2O2. The molecule has 2 N–H and O–H groups in total. The molecule has 0 saturated carbocycles. The van der Waals surface area contributed by atoms with E-state index in [0.717, 1.165) is 6.42 Å². The number of benzene rings is 2. The van der Waals surface area contributed by atoms with Crippen LogP contribution in [0, 0.1) is 5.92 Å². The van der Waals surface area contributed by atoms with Gasteiger partial charge in [-0.1, -0.05) is 41.4 Å². The lowest BCUT2D eigenvalue weighted by Crippen LogP contribution is -2.35. The van der Waals surface area contributed by atoms with Gasteiger partial charge in [-0.05, 0) is 50.1 Å². The molecule has 1 fully saturated rings. The van der Waals surface area contributed by atoms with Crippen molar-refractivity contribution in [1.82, 2.24) is 4.90 Å². The summed E-state index contributed by atoms with van der Waals surface area (Å²) in [4.78, 5) is 27.8. The second kappa shape index (κ2) is 7.78. The Morgan fingerprint density at radius 1 is 1.12 bits per heavy atom. The van der Waals surface area contributed by atoms with Crippen LogP contribution in [-0.2, 0) is 0 Å². The summed E-state index contributed by atoms with van der Waals surface area (Å²) in [5.41, 5.74) is 6.92. The van der Waals surface area contributed by atoms with E-state index < -0.39 is 0 Å². The van der Waals surface area contributed by atoms with Gasteiger partial charge in [0.25, 0.3) is 5.91 Å². The number of hydrogen-bond acceptors (Lipinski definition) is 3. The maximum atomic E-state index is 13.1. The molecule has 1 aliphatic heterocycles. The van der Waals surface area contributed by atoms with Crippen LogP contribution in [0.2, 0.25) is 10.0 Å². The number of carbonyl (C=O) groups excluding carboxylic acids is 2. The Balaban J connectivity index is 1.94. The molecule has 0 aliphatic carbocycles. The summed E-state index contributed by atoms with van der Waals surface area (Å²) in [6, 6.07) is 11.7. The van der Waals surface area contributed by atoms with Crippen molar-refractivity contribution in [3.05, 3.63) is 69.2 Å². The van der Waals surface area contributed by atoms with E-state index in [1.165, 1.54) is 6.07 Å². The lowest BCUT2D eigenvalue weighted by molar-refractivity contribution is 0.0739. The topological polar surface area (TPSA) is 63.4 Å². The normalized spacial score (nSPS) is 19.6. The van der Waals surface area contributed by atoms with E-state index in [1.807, 2.05) is 6.92 Å². The molecule has 0 radical (unpaired) electrons. The van der Waals surface area contributed by atoms with Gasteiger partial charge in [-0.25, -0.2) is 0 Å². The minimum absolute atomic E-state index is 0.101. The van der Waals surface area contributed by atoms with Gasteiger partial charge in [0.1, 0.15) is 0 Å². The molecule has 26 heavy (non-hydrogen) atoms. The Hall–Kier alpha value is -1.88. The van der Waals surface area contributed by atoms with Crippen molar-refractivity contribution in [2.45, 2.75) is 19.4 Å². The van der Waals surface area contributed by atoms with Crippen molar-refractivity contribution in [1.29, 1.82) is 0 Å². The van der Waals surface area contributed by atoms with E-state index in [-0.39, 0.29) is 17.7 Å². The van der Waals surface area contributed by atoms with Gasteiger partial charge in [0.2, 0.25) is 0 Å². The lowest BCUT2D eigenvalue weighted by atomic mass is 9.97. The third-order valence-corrected chi connectivity index (χ3v) is 5.58. The van der Waals surface area contributed by atoms with Crippen molar-refractivity contribution < 1.29 is 9.59 Å². The molecule has 1 amide bonds. The minimum atomic E-state index is -0.255. The number of hydrogen-bond donors (Lipinski definition) is 1. The second-order valence-electron chi connectivity index (χ2n) is 6.65. The summed E-state index contributed by atoms with van der Waals surface area (Å²) >= 11 is 12.0. The highest BCUT2D eigenvalue weighted by atomic mass is 35.5. The van der Waals surface area contributed by atoms with Gasteiger partial charge in [-0.2, -0.15) is 0 Å². The zero-order valence-electron chi connectivity index (χ0n) is 14.4. The minimum Gasteiger partial charge on any atom is -0.336 e. The first-order valence-corrected chi connectivity index (χ1v) is 9.27. The Bertz CT molecular complexity index is 853. The molecule has 2 aromatic carbocycles. The number of amides is 1. The van der Waals surface area contributed by atoms with Crippen LogP contribution in [0.4, 0.5) is 0 Å². The van der Waals surface area contributed by atoms with E-state index in [9.17, 15) is 9.59 Å². The summed E-state index contributed by atoms with van der Waals surface area (Å²) in [6.45, 7) is 3.18.